The Morgan fingerprint density at radius 3 is 2.77 bits per heavy atom. The fourth-order valence-corrected chi connectivity index (χ4v) is 4.04. The van der Waals surface area contributed by atoms with Crippen LogP contribution in [0.5, 0.6) is 0 Å². The third-order valence-electron chi connectivity index (χ3n) is 5.01. The Labute approximate surface area is 129 Å². The van der Waals surface area contributed by atoms with Crippen molar-refractivity contribution in [3.05, 3.63) is 0 Å². The van der Waals surface area contributed by atoms with Gasteiger partial charge in [-0.15, -0.1) is 0 Å². The maximum Gasteiger partial charge on any atom is 0.193 e. The quantitative estimate of drug-likeness (QED) is 0.387. The Hall–Kier alpha value is -1.58. The van der Waals surface area contributed by atoms with Gasteiger partial charge in [0.25, 0.3) is 0 Å². The summed E-state index contributed by atoms with van der Waals surface area (Å²) in [6, 6.07) is -0.986. The maximum absolute atomic E-state index is 11.4. The molecule has 3 aliphatic rings. The molecular formula is C13H24N6O3. The summed E-state index contributed by atoms with van der Waals surface area (Å²) in [6.45, 7) is 4.38. The minimum Gasteiger partial charge on any atom is -0.394 e. The molecular weight excluding hydrogens is 288 g/mol. The lowest BCUT2D eigenvalue weighted by Crippen LogP contribution is -2.73. The highest BCUT2D eigenvalue weighted by molar-refractivity contribution is 5.87. The lowest BCUT2D eigenvalue weighted by molar-refractivity contribution is -0.130. The zero-order valence-electron chi connectivity index (χ0n) is 12.9. The second-order valence-electron chi connectivity index (χ2n) is 5.91. The minimum absolute atomic E-state index is 0.211. The summed E-state index contributed by atoms with van der Waals surface area (Å²) in [6.07, 6.45) is -0.0539. The molecule has 0 radical (unpaired) electrons. The van der Waals surface area contributed by atoms with Crippen LogP contribution >= 0.6 is 0 Å². The molecule has 22 heavy (non-hydrogen) atoms. The molecule has 0 aromatic rings. The van der Waals surface area contributed by atoms with Crippen molar-refractivity contribution in [1.82, 2.24) is 10.2 Å². The van der Waals surface area contributed by atoms with Gasteiger partial charge < -0.3 is 36.6 Å². The second-order valence-corrected chi connectivity index (χ2v) is 5.91. The molecule has 3 rings (SSSR count). The number of hydrogen-bond donors (Lipinski definition) is 5. The SMILES string of the molecule is CCO[C@@H]1CN2C(N)=N[C@@H](CO)C3NC(N)=NC32[C@@]1(O)CC. The average molecular weight is 312 g/mol. The van der Waals surface area contributed by atoms with E-state index in [0.717, 1.165) is 0 Å². The van der Waals surface area contributed by atoms with Crippen LogP contribution < -0.4 is 16.8 Å². The van der Waals surface area contributed by atoms with Crippen molar-refractivity contribution in [2.45, 2.75) is 49.7 Å². The summed E-state index contributed by atoms with van der Waals surface area (Å²) in [5, 5.41) is 24.1. The fourth-order valence-electron chi connectivity index (χ4n) is 4.04. The molecule has 7 N–H and O–H groups in total. The Bertz CT molecular complexity index is 526. The molecule has 5 atom stereocenters. The monoisotopic (exact) mass is 312 g/mol. The van der Waals surface area contributed by atoms with E-state index in [0.29, 0.717) is 19.6 Å². The summed E-state index contributed by atoms with van der Waals surface area (Å²) < 4.78 is 5.75. The third kappa shape index (κ3) is 1.64. The van der Waals surface area contributed by atoms with Crippen LogP contribution in [-0.4, -0.2) is 76.2 Å². The zero-order chi connectivity index (χ0) is 16.1. The van der Waals surface area contributed by atoms with E-state index in [-0.39, 0.29) is 18.5 Å². The molecule has 0 amide bonds. The van der Waals surface area contributed by atoms with Gasteiger partial charge in [-0.25, -0.2) is 9.98 Å². The van der Waals surface area contributed by atoms with Gasteiger partial charge in [-0.3, -0.25) is 0 Å². The molecule has 3 heterocycles. The summed E-state index contributed by atoms with van der Waals surface area (Å²) in [7, 11) is 0. The Balaban J connectivity index is 2.16. The molecule has 0 aliphatic carbocycles. The van der Waals surface area contributed by atoms with Gasteiger partial charge in [-0.05, 0) is 13.3 Å². The normalized spacial score (nSPS) is 43.3. The first kappa shape index (κ1) is 15.3. The van der Waals surface area contributed by atoms with E-state index >= 15 is 0 Å². The van der Waals surface area contributed by atoms with E-state index in [1.807, 2.05) is 13.8 Å². The van der Waals surface area contributed by atoms with Crippen LogP contribution in [-0.2, 0) is 4.74 Å². The molecule has 0 saturated carbocycles. The number of aliphatic hydroxyl groups excluding tert-OH is 1. The molecule has 3 aliphatic heterocycles. The Morgan fingerprint density at radius 1 is 1.45 bits per heavy atom. The van der Waals surface area contributed by atoms with E-state index in [4.69, 9.17) is 16.2 Å². The van der Waals surface area contributed by atoms with Gasteiger partial charge in [-0.1, -0.05) is 6.92 Å². The van der Waals surface area contributed by atoms with Gasteiger partial charge in [-0.2, -0.15) is 0 Å². The predicted octanol–water partition coefficient (Wildman–Crippen LogP) is -2.48. The number of nitrogens with two attached hydrogens (primary N) is 2. The molecule has 1 spiro atoms. The lowest BCUT2D eigenvalue weighted by Gasteiger charge is -2.49. The number of ether oxygens (including phenoxy) is 1. The average Bonchev–Trinajstić information content (AvgIpc) is 2.97. The van der Waals surface area contributed by atoms with E-state index in [9.17, 15) is 10.2 Å². The van der Waals surface area contributed by atoms with Crippen molar-refractivity contribution >= 4 is 11.9 Å². The maximum atomic E-state index is 11.4. The van der Waals surface area contributed by atoms with Crippen LogP contribution in [0.25, 0.3) is 0 Å². The van der Waals surface area contributed by atoms with Gasteiger partial charge in [0.15, 0.2) is 17.6 Å². The van der Waals surface area contributed by atoms with Crippen molar-refractivity contribution in [2.75, 3.05) is 19.8 Å². The number of guanidine groups is 2. The molecule has 0 bridgehead atoms. The third-order valence-corrected chi connectivity index (χ3v) is 5.01. The standard InChI is InChI=1S/C13H24N6O3/c1-3-12(21)8(22-4-2)5-19-11(15)16-7(6-20)9-13(12,19)18-10(14)17-9/h7-9,20-21H,3-6H2,1-2H3,(H2,15,16)(H3,14,17,18)/t7-,8+,9?,12+,13?/m0/s1. The first-order valence-electron chi connectivity index (χ1n) is 7.62. The topological polar surface area (TPSA) is 142 Å². The molecule has 9 heteroatoms. The van der Waals surface area contributed by atoms with Crippen LogP contribution in [0.4, 0.5) is 0 Å². The Morgan fingerprint density at radius 2 is 2.18 bits per heavy atom. The summed E-state index contributed by atoms with van der Waals surface area (Å²) in [5.74, 6) is 0.451. The summed E-state index contributed by atoms with van der Waals surface area (Å²) in [5.41, 5.74) is 9.58. The number of aliphatic hydroxyl groups is 2. The second kappa shape index (κ2) is 4.97. The molecule has 124 valence electrons. The van der Waals surface area contributed by atoms with E-state index < -0.39 is 29.5 Å². The van der Waals surface area contributed by atoms with Crippen LogP contribution in [0.1, 0.15) is 20.3 Å². The zero-order valence-corrected chi connectivity index (χ0v) is 12.9. The van der Waals surface area contributed by atoms with Crippen molar-refractivity contribution in [2.24, 2.45) is 21.5 Å². The number of nitrogens with one attached hydrogen (secondary N) is 1. The van der Waals surface area contributed by atoms with Gasteiger partial charge in [0.2, 0.25) is 0 Å². The van der Waals surface area contributed by atoms with Gasteiger partial charge in [0.1, 0.15) is 23.8 Å². The number of hydrogen-bond acceptors (Lipinski definition) is 9. The fraction of sp³-hybridized carbons (Fsp3) is 0.846. The highest BCUT2D eigenvalue weighted by Gasteiger charge is 2.72. The van der Waals surface area contributed by atoms with Crippen LogP contribution in [0.3, 0.4) is 0 Å². The number of rotatable bonds is 4. The first-order valence-corrected chi connectivity index (χ1v) is 7.62. The molecule has 9 nitrogen and oxygen atoms in total. The number of nitrogens with zero attached hydrogens (tertiary/aromatic N) is 3. The number of aliphatic imine (C=N–C) groups is 2. The summed E-state index contributed by atoms with van der Waals surface area (Å²) in [4.78, 5) is 10.6. The van der Waals surface area contributed by atoms with Gasteiger partial charge in [0, 0.05) is 6.61 Å². The largest absolute Gasteiger partial charge is 0.394 e. The van der Waals surface area contributed by atoms with Crippen molar-refractivity contribution < 1.29 is 14.9 Å². The van der Waals surface area contributed by atoms with Crippen LogP contribution in [0.15, 0.2) is 9.98 Å². The molecule has 1 fully saturated rings. The minimum atomic E-state index is -1.28. The van der Waals surface area contributed by atoms with E-state index in [2.05, 4.69) is 15.3 Å². The molecule has 2 unspecified atom stereocenters. The van der Waals surface area contributed by atoms with E-state index in [1.165, 1.54) is 0 Å². The lowest BCUT2D eigenvalue weighted by atomic mass is 9.77. The molecule has 0 aromatic heterocycles. The molecule has 0 aromatic carbocycles. The molecule has 1 saturated heterocycles. The van der Waals surface area contributed by atoms with Crippen molar-refractivity contribution in [3.63, 3.8) is 0 Å². The summed E-state index contributed by atoms with van der Waals surface area (Å²) >= 11 is 0. The van der Waals surface area contributed by atoms with Crippen molar-refractivity contribution in [3.8, 4) is 0 Å². The van der Waals surface area contributed by atoms with Gasteiger partial charge in [0.05, 0.1) is 13.2 Å². The smallest absolute Gasteiger partial charge is 0.193 e. The first-order chi connectivity index (χ1) is 10.4. The highest BCUT2D eigenvalue weighted by Crippen LogP contribution is 2.49. The van der Waals surface area contributed by atoms with Crippen LogP contribution in [0.2, 0.25) is 0 Å². The van der Waals surface area contributed by atoms with E-state index in [1.54, 1.807) is 4.90 Å². The van der Waals surface area contributed by atoms with Crippen LogP contribution in [0, 0.1) is 0 Å². The van der Waals surface area contributed by atoms with Gasteiger partial charge >= 0.3 is 0 Å². The predicted molar refractivity (Wildman–Crippen MR) is 81.1 cm³/mol. The Kier molecular flexibility index (Phi) is 3.46. The highest BCUT2D eigenvalue weighted by atomic mass is 16.5. The van der Waals surface area contributed by atoms with Crippen molar-refractivity contribution in [1.29, 1.82) is 0 Å².